The van der Waals surface area contributed by atoms with Crippen molar-refractivity contribution >= 4 is 18.8 Å². The van der Waals surface area contributed by atoms with E-state index in [2.05, 4.69) is 9.97 Å². The Morgan fingerprint density at radius 1 is 1.50 bits per heavy atom. The van der Waals surface area contributed by atoms with Gasteiger partial charge >= 0.3 is 7.60 Å². The first kappa shape index (κ1) is 11.2. The van der Waals surface area contributed by atoms with E-state index in [4.69, 9.17) is 14.8 Å². The molecule has 1 aromatic heterocycles. The molecule has 14 heavy (non-hydrogen) atoms. The van der Waals surface area contributed by atoms with Gasteiger partial charge in [-0.1, -0.05) is 0 Å². The molecule has 0 aliphatic rings. The van der Waals surface area contributed by atoms with E-state index in [0.29, 0.717) is 0 Å². The Kier molecular flexibility index (Phi) is 3.69. The van der Waals surface area contributed by atoms with Crippen molar-refractivity contribution in [2.45, 2.75) is 13.8 Å². The first-order valence-electron chi connectivity index (χ1n) is 4.32. The summed E-state index contributed by atoms with van der Waals surface area (Å²) in [6.45, 7) is 4.04. The molecule has 0 aliphatic heterocycles. The molecule has 0 radical (unpaired) electrons. The van der Waals surface area contributed by atoms with Gasteiger partial charge in [-0.2, -0.15) is 0 Å². The van der Waals surface area contributed by atoms with Crippen LogP contribution in [0, 0.1) is 0 Å². The number of aromatic amines is 1. The molecular weight excluding hydrogens is 205 g/mol. The largest absolute Gasteiger partial charge is 0.382 e. The van der Waals surface area contributed by atoms with Crippen LogP contribution in [0.2, 0.25) is 0 Å². The summed E-state index contributed by atoms with van der Waals surface area (Å²) >= 11 is 0. The lowest BCUT2D eigenvalue weighted by atomic mass is 10.8. The van der Waals surface area contributed by atoms with Gasteiger partial charge in [0.25, 0.3) is 0 Å². The molecular formula is C7H14N3O3P. The number of hydrogen-bond donors (Lipinski definition) is 2. The second kappa shape index (κ2) is 4.59. The normalized spacial score (nSPS) is 11.9. The monoisotopic (exact) mass is 219 g/mol. The van der Waals surface area contributed by atoms with Crippen molar-refractivity contribution < 1.29 is 13.6 Å². The predicted molar refractivity (Wildman–Crippen MR) is 53.5 cm³/mol. The highest BCUT2D eigenvalue weighted by Gasteiger charge is 2.31. The van der Waals surface area contributed by atoms with Crippen LogP contribution in [0.3, 0.4) is 0 Å². The van der Waals surface area contributed by atoms with Crippen molar-refractivity contribution in [3.8, 4) is 0 Å². The zero-order chi connectivity index (χ0) is 10.6. The van der Waals surface area contributed by atoms with Gasteiger partial charge in [-0.05, 0) is 13.8 Å². The molecule has 0 fully saturated rings. The first-order chi connectivity index (χ1) is 6.64. The van der Waals surface area contributed by atoms with Crippen LogP contribution in [-0.4, -0.2) is 23.2 Å². The minimum atomic E-state index is -3.30. The van der Waals surface area contributed by atoms with E-state index < -0.39 is 7.60 Å². The molecule has 0 saturated carbocycles. The maximum Gasteiger partial charge on any atom is 0.381 e. The Hall–Kier alpha value is -0.840. The quantitative estimate of drug-likeness (QED) is 0.717. The van der Waals surface area contributed by atoms with Crippen molar-refractivity contribution in [1.82, 2.24) is 9.97 Å². The van der Waals surface area contributed by atoms with Crippen LogP contribution in [0.5, 0.6) is 0 Å². The summed E-state index contributed by atoms with van der Waals surface area (Å²) in [4.78, 5) is 6.40. The van der Waals surface area contributed by atoms with E-state index in [-0.39, 0.29) is 24.5 Å². The van der Waals surface area contributed by atoms with Gasteiger partial charge in [-0.3, -0.25) is 4.57 Å². The van der Waals surface area contributed by atoms with Crippen LogP contribution in [-0.2, 0) is 13.6 Å². The summed E-state index contributed by atoms with van der Waals surface area (Å²) in [5, 5.41) is 0. The SMILES string of the molecule is CCOP(=O)(OCC)c1[nH]cnc1N. The van der Waals surface area contributed by atoms with E-state index >= 15 is 0 Å². The molecule has 0 saturated heterocycles. The number of imidazole rings is 1. The molecule has 0 aromatic carbocycles. The van der Waals surface area contributed by atoms with Gasteiger partial charge in [0, 0.05) is 0 Å². The van der Waals surface area contributed by atoms with E-state index in [1.54, 1.807) is 13.8 Å². The summed E-state index contributed by atoms with van der Waals surface area (Å²) in [7, 11) is -3.30. The van der Waals surface area contributed by atoms with E-state index in [0.717, 1.165) is 0 Å². The third kappa shape index (κ3) is 2.15. The molecule has 1 heterocycles. The zero-order valence-corrected chi connectivity index (χ0v) is 9.08. The number of H-pyrrole nitrogens is 1. The number of nitrogens with zero attached hydrogens (tertiary/aromatic N) is 1. The van der Waals surface area contributed by atoms with Crippen LogP contribution >= 0.6 is 7.60 Å². The number of hydrogen-bond acceptors (Lipinski definition) is 5. The van der Waals surface area contributed by atoms with Crippen LogP contribution in [0.1, 0.15) is 13.8 Å². The maximum atomic E-state index is 12.1. The topological polar surface area (TPSA) is 90.2 Å². The standard InChI is InChI=1S/C7H14N3O3P/c1-3-12-14(11,13-4-2)7-6(8)9-5-10-7/h5H,3-4,8H2,1-2H3,(H,9,10). The van der Waals surface area contributed by atoms with E-state index in [9.17, 15) is 4.57 Å². The molecule has 0 bridgehead atoms. The summed E-state index contributed by atoms with van der Waals surface area (Å²) in [6.07, 6.45) is 1.36. The van der Waals surface area contributed by atoms with Crippen LogP contribution in [0.4, 0.5) is 5.82 Å². The highest BCUT2D eigenvalue weighted by atomic mass is 31.2. The molecule has 0 amide bonds. The van der Waals surface area contributed by atoms with Crippen LogP contribution in [0.15, 0.2) is 6.33 Å². The third-order valence-electron chi connectivity index (χ3n) is 1.52. The third-order valence-corrected chi connectivity index (χ3v) is 3.62. The molecule has 0 unspecified atom stereocenters. The molecule has 6 nitrogen and oxygen atoms in total. The lowest BCUT2D eigenvalue weighted by Gasteiger charge is -2.15. The Bertz CT molecular complexity index is 329. The van der Waals surface area contributed by atoms with Gasteiger partial charge < -0.3 is 19.8 Å². The van der Waals surface area contributed by atoms with Gasteiger partial charge in [0.15, 0.2) is 11.3 Å². The van der Waals surface area contributed by atoms with E-state index in [1.165, 1.54) is 6.33 Å². The lowest BCUT2D eigenvalue weighted by molar-refractivity contribution is 0.229. The molecule has 0 spiro atoms. The Morgan fingerprint density at radius 2 is 2.07 bits per heavy atom. The minimum Gasteiger partial charge on any atom is -0.382 e. The molecule has 0 atom stereocenters. The Labute approximate surface area is 82.3 Å². The second-order valence-corrected chi connectivity index (χ2v) is 4.43. The second-order valence-electron chi connectivity index (χ2n) is 2.47. The minimum absolute atomic E-state index is 0.148. The highest BCUT2D eigenvalue weighted by Crippen LogP contribution is 2.47. The van der Waals surface area contributed by atoms with Gasteiger partial charge in [-0.15, -0.1) is 0 Å². The van der Waals surface area contributed by atoms with Crippen LogP contribution < -0.4 is 11.2 Å². The smallest absolute Gasteiger partial charge is 0.381 e. The fraction of sp³-hybridized carbons (Fsp3) is 0.571. The summed E-state index contributed by atoms with van der Waals surface area (Å²) in [5.74, 6) is 0.148. The van der Waals surface area contributed by atoms with Gasteiger partial charge in [0.2, 0.25) is 0 Å². The molecule has 1 rings (SSSR count). The number of nitrogens with one attached hydrogen (secondary N) is 1. The van der Waals surface area contributed by atoms with Crippen molar-refractivity contribution in [1.29, 1.82) is 0 Å². The zero-order valence-electron chi connectivity index (χ0n) is 8.19. The number of aromatic nitrogens is 2. The number of anilines is 1. The van der Waals surface area contributed by atoms with Crippen LogP contribution in [0.25, 0.3) is 0 Å². The molecule has 7 heteroatoms. The fourth-order valence-corrected chi connectivity index (χ4v) is 2.59. The summed E-state index contributed by atoms with van der Waals surface area (Å²) in [6, 6.07) is 0. The highest BCUT2D eigenvalue weighted by molar-refractivity contribution is 7.62. The number of nitrogens with two attached hydrogens (primary N) is 1. The summed E-state index contributed by atoms with van der Waals surface area (Å²) in [5.41, 5.74) is 5.74. The Balaban J connectivity index is 2.99. The van der Waals surface area contributed by atoms with E-state index in [1.807, 2.05) is 0 Å². The first-order valence-corrected chi connectivity index (χ1v) is 5.86. The maximum absolute atomic E-state index is 12.1. The predicted octanol–water partition coefficient (Wildman–Crippen LogP) is 0.883. The van der Waals surface area contributed by atoms with Gasteiger partial charge in [0.1, 0.15) is 0 Å². The number of rotatable bonds is 5. The number of nitrogen functional groups attached to an aromatic ring is 1. The van der Waals surface area contributed by atoms with Crippen molar-refractivity contribution in [2.24, 2.45) is 0 Å². The van der Waals surface area contributed by atoms with Crippen molar-refractivity contribution in [2.75, 3.05) is 18.9 Å². The molecule has 80 valence electrons. The molecule has 0 aliphatic carbocycles. The van der Waals surface area contributed by atoms with Gasteiger partial charge in [0.05, 0.1) is 19.5 Å². The summed E-state index contributed by atoms with van der Waals surface area (Å²) < 4.78 is 22.3. The average molecular weight is 219 g/mol. The molecule has 1 aromatic rings. The van der Waals surface area contributed by atoms with Gasteiger partial charge in [-0.25, -0.2) is 4.98 Å². The van der Waals surface area contributed by atoms with Crippen molar-refractivity contribution in [3.63, 3.8) is 0 Å². The van der Waals surface area contributed by atoms with Crippen molar-refractivity contribution in [3.05, 3.63) is 6.33 Å². The average Bonchev–Trinajstić information content (AvgIpc) is 2.52. The Morgan fingerprint density at radius 3 is 2.43 bits per heavy atom. The lowest BCUT2D eigenvalue weighted by Crippen LogP contribution is -2.15. The fourth-order valence-electron chi connectivity index (χ4n) is 1.02. The molecule has 3 N–H and O–H groups in total.